The summed E-state index contributed by atoms with van der Waals surface area (Å²) < 4.78 is 0. The number of anilines is 1. The topological polar surface area (TPSA) is 69.6 Å². The van der Waals surface area contributed by atoms with Crippen molar-refractivity contribution in [2.75, 3.05) is 5.32 Å². The summed E-state index contributed by atoms with van der Waals surface area (Å²) >= 11 is 0. The second-order valence-corrected chi connectivity index (χ2v) is 6.28. The molecule has 1 aliphatic rings. The monoisotopic (exact) mass is 291 g/mol. The summed E-state index contributed by atoms with van der Waals surface area (Å²) in [7, 11) is 0. The molecule has 0 aromatic heterocycles. The van der Waals surface area contributed by atoms with Gasteiger partial charge in [0.25, 0.3) is 0 Å². The van der Waals surface area contributed by atoms with Crippen molar-refractivity contribution in [2.24, 2.45) is 5.92 Å². The molecule has 0 bridgehead atoms. The Balaban J connectivity index is 1.99. The fourth-order valence-corrected chi connectivity index (χ4v) is 2.88. The van der Waals surface area contributed by atoms with Gasteiger partial charge in [-0.3, -0.25) is 4.79 Å². The van der Waals surface area contributed by atoms with E-state index >= 15 is 0 Å². The molecule has 1 aromatic rings. The highest BCUT2D eigenvalue weighted by molar-refractivity contribution is 5.70. The molecular weight excluding hydrogens is 266 g/mol. The first kappa shape index (κ1) is 15.8. The lowest BCUT2D eigenvalue weighted by Gasteiger charge is -2.23. The van der Waals surface area contributed by atoms with Crippen molar-refractivity contribution in [2.45, 2.75) is 57.6 Å². The smallest absolute Gasteiger partial charge is 0.306 e. The minimum atomic E-state index is -0.746. The Hall–Kier alpha value is -1.55. The number of carboxylic acids is 1. The zero-order chi connectivity index (χ0) is 15.4. The van der Waals surface area contributed by atoms with Crippen LogP contribution in [0, 0.1) is 5.92 Å². The summed E-state index contributed by atoms with van der Waals surface area (Å²) in [4.78, 5) is 11.1. The number of hydrogen-bond acceptors (Lipinski definition) is 3. The van der Waals surface area contributed by atoms with Crippen molar-refractivity contribution in [1.82, 2.24) is 0 Å². The van der Waals surface area contributed by atoms with E-state index in [1.54, 1.807) is 0 Å². The molecule has 0 spiro atoms. The SMILES string of the molecule is CC(C)c1ccc(N[C@H]2CC[C@@H](C(=O)O)CC[C@@H]2O)cc1. The van der Waals surface area contributed by atoms with Gasteiger partial charge >= 0.3 is 5.97 Å². The largest absolute Gasteiger partial charge is 0.481 e. The van der Waals surface area contributed by atoms with Gasteiger partial charge in [-0.05, 0) is 49.3 Å². The third-order valence-corrected chi connectivity index (χ3v) is 4.38. The Kier molecular flexibility index (Phi) is 5.23. The maximum Gasteiger partial charge on any atom is 0.306 e. The first-order chi connectivity index (χ1) is 9.97. The maximum absolute atomic E-state index is 11.1. The van der Waals surface area contributed by atoms with Crippen molar-refractivity contribution in [1.29, 1.82) is 0 Å². The van der Waals surface area contributed by atoms with Gasteiger partial charge in [-0.1, -0.05) is 26.0 Å². The molecule has 0 unspecified atom stereocenters. The molecule has 2 rings (SSSR count). The third kappa shape index (κ3) is 4.21. The highest BCUT2D eigenvalue weighted by atomic mass is 16.4. The lowest BCUT2D eigenvalue weighted by atomic mass is 10.0. The van der Waals surface area contributed by atoms with Crippen LogP contribution in [-0.2, 0) is 4.79 Å². The number of aliphatic hydroxyl groups is 1. The number of aliphatic carboxylic acids is 1. The highest BCUT2D eigenvalue weighted by Gasteiger charge is 2.29. The van der Waals surface area contributed by atoms with Crippen LogP contribution in [0.25, 0.3) is 0 Å². The van der Waals surface area contributed by atoms with Gasteiger partial charge in [0.15, 0.2) is 0 Å². The van der Waals surface area contributed by atoms with E-state index in [9.17, 15) is 9.90 Å². The minimum Gasteiger partial charge on any atom is -0.481 e. The Morgan fingerprint density at radius 2 is 1.76 bits per heavy atom. The molecule has 4 heteroatoms. The summed E-state index contributed by atoms with van der Waals surface area (Å²) in [5.41, 5.74) is 2.27. The molecular formula is C17H25NO3. The van der Waals surface area contributed by atoms with E-state index in [1.807, 2.05) is 12.1 Å². The van der Waals surface area contributed by atoms with E-state index in [0.29, 0.717) is 31.6 Å². The van der Waals surface area contributed by atoms with Gasteiger partial charge in [0.05, 0.1) is 18.1 Å². The average Bonchev–Trinajstić information content (AvgIpc) is 2.62. The fraction of sp³-hybridized carbons (Fsp3) is 0.588. The van der Waals surface area contributed by atoms with E-state index in [-0.39, 0.29) is 12.0 Å². The van der Waals surface area contributed by atoms with Gasteiger partial charge < -0.3 is 15.5 Å². The fourth-order valence-electron chi connectivity index (χ4n) is 2.88. The summed E-state index contributed by atoms with van der Waals surface area (Å²) in [5.74, 6) is -0.572. The van der Waals surface area contributed by atoms with Crippen molar-refractivity contribution < 1.29 is 15.0 Å². The number of benzene rings is 1. The van der Waals surface area contributed by atoms with Crippen LogP contribution in [0.15, 0.2) is 24.3 Å². The van der Waals surface area contributed by atoms with Gasteiger partial charge in [-0.25, -0.2) is 0 Å². The molecule has 3 atom stereocenters. The van der Waals surface area contributed by atoms with E-state index in [0.717, 1.165) is 5.69 Å². The summed E-state index contributed by atoms with van der Waals surface area (Å²) in [6, 6.07) is 8.18. The maximum atomic E-state index is 11.1. The second kappa shape index (κ2) is 6.94. The van der Waals surface area contributed by atoms with Gasteiger partial charge in [-0.2, -0.15) is 0 Å². The van der Waals surface area contributed by atoms with Crippen LogP contribution in [0.3, 0.4) is 0 Å². The molecule has 1 fully saturated rings. The van der Waals surface area contributed by atoms with Gasteiger partial charge in [0, 0.05) is 5.69 Å². The normalized spacial score (nSPS) is 26.4. The van der Waals surface area contributed by atoms with Crippen LogP contribution >= 0.6 is 0 Å². The van der Waals surface area contributed by atoms with Crippen molar-refractivity contribution in [3.63, 3.8) is 0 Å². The van der Waals surface area contributed by atoms with Gasteiger partial charge in [-0.15, -0.1) is 0 Å². The van der Waals surface area contributed by atoms with Crippen LogP contribution in [-0.4, -0.2) is 28.3 Å². The van der Waals surface area contributed by atoms with Crippen LogP contribution in [0.5, 0.6) is 0 Å². The Bertz CT molecular complexity index is 469. The number of hydrogen-bond donors (Lipinski definition) is 3. The molecule has 3 N–H and O–H groups in total. The van der Waals surface area contributed by atoms with Crippen LogP contribution in [0.1, 0.15) is 51.0 Å². The van der Waals surface area contributed by atoms with Crippen LogP contribution in [0.2, 0.25) is 0 Å². The Morgan fingerprint density at radius 3 is 2.33 bits per heavy atom. The zero-order valence-electron chi connectivity index (χ0n) is 12.7. The summed E-state index contributed by atoms with van der Waals surface area (Å²) in [5, 5.41) is 22.7. The quantitative estimate of drug-likeness (QED) is 0.745. The molecule has 1 aromatic carbocycles. The molecule has 4 nitrogen and oxygen atoms in total. The van der Waals surface area contributed by atoms with E-state index in [2.05, 4.69) is 31.3 Å². The Morgan fingerprint density at radius 1 is 1.14 bits per heavy atom. The average molecular weight is 291 g/mol. The van der Waals surface area contributed by atoms with E-state index < -0.39 is 12.1 Å². The predicted molar refractivity (Wildman–Crippen MR) is 83.5 cm³/mol. The number of rotatable bonds is 4. The van der Waals surface area contributed by atoms with Gasteiger partial charge in [0.1, 0.15) is 0 Å². The molecule has 116 valence electrons. The first-order valence-corrected chi connectivity index (χ1v) is 7.74. The van der Waals surface area contributed by atoms with Gasteiger partial charge in [0.2, 0.25) is 0 Å². The van der Waals surface area contributed by atoms with E-state index in [4.69, 9.17) is 5.11 Å². The molecule has 0 radical (unpaired) electrons. The molecule has 1 aliphatic carbocycles. The van der Waals surface area contributed by atoms with E-state index in [1.165, 1.54) is 5.56 Å². The second-order valence-electron chi connectivity index (χ2n) is 6.28. The highest BCUT2D eigenvalue weighted by Crippen LogP contribution is 2.26. The summed E-state index contributed by atoms with van der Waals surface area (Å²) in [6.07, 6.45) is 1.91. The van der Waals surface area contributed by atoms with Crippen molar-refractivity contribution in [3.05, 3.63) is 29.8 Å². The van der Waals surface area contributed by atoms with Crippen molar-refractivity contribution >= 4 is 11.7 Å². The lowest BCUT2D eigenvalue weighted by Crippen LogP contribution is -2.32. The molecule has 0 amide bonds. The standard InChI is InChI=1S/C17H25NO3/c1-11(2)12-3-7-14(8-4-12)18-15-9-5-13(17(20)21)6-10-16(15)19/h3-4,7-8,11,13,15-16,18-19H,5-6,9-10H2,1-2H3,(H,20,21)/t13-,15+,16+/m1/s1. The number of aliphatic hydroxyl groups excluding tert-OH is 1. The predicted octanol–water partition coefficient (Wildman–Crippen LogP) is 3.23. The Labute approximate surface area is 126 Å². The summed E-state index contributed by atoms with van der Waals surface area (Å²) in [6.45, 7) is 4.31. The molecule has 0 heterocycles. The molecule has 1 saturated carbocycles. The first-order valence-electron chi connectivity index (χ1n) is 7.74. The molecule has 0 aliphatic heterocycles. The minimum absolute atomic E-state index is 0.0701. The third-order valence-electron chi connectivity index (χ3n) is 4.38. The number of nitrogens with one attached hydrogen (secondary N) is 1. The molecule has 21 heavy (non-hydrogen) atoms. The van der Waals surface area contributed by atoms with Crippen LogP contribution in [0.4, 0.5) is 5.69 Å². The zero-order valence-corrected chi connectivity index (χ0v) is 12.7. The van der Waals surface area contributed by atoms with Crippen LogP contribution < -0.4 is 5.32 Å². The number of carbonyl (C=O) groups is 1. The molecule has 0 saturated heterocycles. The van der Waals surface area contributed by atoms with Crippen molar-refractivity contribution in [3.8, 4) is 0 Å². The lowest BCUT2D eigenvalue weighted by molar-refractivity contribution is -0.142. The number of carboxylic acid groups (broad SMARTS) is 1.